The van der Waals surface area contributed by atoms with E-state index in [1.54, 1.807) is 18.9 Å². The number of benzene rings is 1. The van der Waals surface area contributed by atoms with Crippen LogP contribution in [0.1, 0.15) is 29.3 Å². The Morgan fingerprint density at radius 3 is 2.63 bits per heavy atom. The van der Waals surface area contributed by atoms with Gasteiger partial charge in [-0.25, -0.2) is 4.79 Å². The van der Waals surface area contributed by atoms with Crippen LogP contribution in [0.4, 0.5) is 5.00 Å². The first-order valence-electron chi connectivity index (χ1n) is 8.69. The average molecular weight is 385 g/mol. The molecule has 0 atom stereocenters. The lowest BCUT2D eigenvalue weighted by molar-refractivity contribution is -0.117. The molecule has 0 saturated carbocycles. The maximum absolute atomic E-state index is 12.5. The SMILES string of the molecule is CCOC(=O)c1c(NC(=O)CN(C)CCC#N)sc(-c2ccccc2)c1C. The molecule has 0 aliphatic heterocycles. The fourth-order valence-electron chi connectivity index (χ4n) is 2.65. The first-order valence-corrected chi connectivity index (χ1v) is 9.50. The van der Waals surface area contributed by atoms with Gasteiger partial charge in [-0.3, -0.25) is 9.69 Å². The summed E-state index contributed by atoms with van der Waals surface area (Å²) in [5, 5.41) is 12.0. The minimum absolute atomic E-state index is 0.140. The third kappa shape index (κ3) is 5.39. The number of nitrogens with one attached hydrogen (secondary N) is 1. The van der Waals surface area contributed by atoms with Crippen LogP contribution in [-0.4, -0.2) is 43.5 Å². The number of rotatable bonds is 8. The molecule has 1 aromatic heterocycles. The van der Waals surface area contributed by atoms with Crippen molar-refractivity contribution in [1.82, 2.24) is 4.90 Å². The van der Waals surface area contributed by atoms with Crippen LogP contribution in [-0.2, 0) is 9.53 Å². The number of hydrogen-bond donors (Lipinski definition) is 1. The molecule has 0 spiro atoms. The van der Waals surface area contributed by atoms with E-state index in [9.17, 15) is 9.59 Å². The number of esters is 1. The Morgan fingerprint density at radius 2 is 2.00 bits per heavy atom. The quantitative estimate of drug-likeness (QED) is 0.701. The van der Waals surface area contributed by atoms with Gasteiger partial charge in [-0.1, -0.05) is 30.3 Å². The lowest BCUT2D eigenvalue weighted by atomic mass is 10.1. The number of hydrogen-bond acceptors (Lipinski definition) is 6. The molecule has 142 valence electrons. The maximum Gasteiger partial charge on any atom is 0.341 e. The summed E-state index contributed by atoms with van der Waals surface area (Å²) in [6.07, 6.45) is 0.355. The van der Waals surface area contributed by atoms with Crippen molar-refractivity contribution >= 4 is 28.2 Å². The van der Waals surface area contributed by atoms with Crippen molar-refractivity contribution in [2.24, 2.45) is 0 Å². The molecule has 7 heteroatoms. The molecule has 2 rings (SSSR count). The molecular weight excluding hydrogens is 362 g/mol. The number of anilines is 1. The minimum atomic E-state index is -0.443. The van der Waals surface area contributed by atoms with Crippen molar-refractivity contribution in [2.75, 3.05) is 32.1 Å². The number of ether oxygens (including phenoxy) is 1. The van der Waals surface area contributed by atoms with Gasteiger partial charge in [0.25, 0.3) is 0 Å². The van der Waals surface area contributed by atoms with Crippen LogP contribution in [0.15, 0.2) is 30.3 Å². The van der Waals surface area contributed by atoms with Crippen LogP contribution in [0.5, 0.6) is 0 Å². The molecule has 0 aliphatic carbocycles. The van der Waals surface area contributed by atoms with Crippen molar-refractivity contribution in [1.29, 1.82) is 5.26 Å². The van der Waals surface area contributed by atoms with E-state index in [0.717, 1.165) is 16.0 Å². The molecule has 1 amide bonds. The first kappa shape index (κ1) is 20.6. The van der Waals surface area contributed by atoms with Gasteiger partial charge in [-0.05, 0) is 32.0 Å². The van der Waals surface area contributed by atoms with Gasteiger partial charge in [0, 0.05) is 17.8 Å². The zero-order valence-corrected chi connectivity index (χ0v) is 16.6. The Hall–Kier alpha value is -2.69. The van der Waals surface area contributed by atoms with Gasteiger partial charge in [0.15, 0.2) is 0 Å². The van der Waals surface area contributed by atoms with Gasteiger partial charge >= 0.3 is 5.97 Å². The standard InChI is InChI=1S/C20H23N3O3S/c1-4-26-20(25)17-14(2)18(15-9-6-5-7-10-15)27-19(17)22-16(24)13-23(3)12-8-11-21/h5-7,9-10H,4,8,12-13H2,1-3H3,(H,22,24). The van der Waals surface area contributed by atoms with E-state index in [1.165, 1.54) is 11.3 Å². The minimum Gasteiger partial charge on any atom is -0.462 e. The summed E-state index contributed by atoms with van der Waals surface area (Å²) in [6.45, 7) is 4.52. The molecule has 0 saturated heterocycles. The number of nitriles is 1. The summed E-state index contributed by atoms with van der Waals surface area (Å²) in [6, 6.07) is 11.8. The lowest BCUT2D eigenvalue weighted by Crippen LogP contribution is -2.31. The first-order chi connectivity index (χ1) is 13.0. The van der Waals surface area contributed by atoms with Crippen LogP contribution < -0.4 is 5.32 Å². The Morgan fingerprint density at radius 1 is 1.30 bits per heavy atom. The number of nitrogens with zero attached hydrogens (tertiary/aromatic N) is 2. The fourth-order valence-corrected chi connectivity index (χ4v) is 3.86. The molecule has 1 heterocycles. The summed E-state index contributed by atoms with van der Waals surface area (Å²) in [7, 11) is 1.78. The van der Waals surface area contributed by atoms with Crippen LogP contribution in [0.3, 0.4) is 0 Å². The second-order valence-electron chi connectivity index (χ2n) is 6.04. The summed E-state index contributed by atoms with van der Waals surface area (Å²) in [5.74, 6) is -0.677. The predicted molar refractivity (Wildman–Crippen MR) is 107 cm³/mol. The predicted octanol–water partition coefficient (Wildman–Crippen LogP) is 3.68. The Bertz CT molecular complexity index is 840. The van der Waals surface area contributed by atoms with Crippen molar-refractivity contribution in [3.63, 3.8) is 0 Å². The number of likely N-dealkylation sites (N-methyl/N-ethyl adjacent to an activating group) is 1. The molecule has 1 aromatic carbocycles. The van der Waals surface area contributed by atoms with Crippen LogP contribution in [0.2, 0.25) is 0 Å². The number of carbonyl (C=O) groups is 2. The fraction of sp³-hybridized carbons (Fsp3) is 0.350. The van der Waals surface area contributed by atoms with E-state index in [0.29, 0.717) is 23.5 Å². The zero-order valence-electron chi connectivity index (χ0n) is 15.7. The van der Waals surface area contributed by atoms with Crippen LogP contribution in [0.25, 0.3) is 10.4 Å². The highest BCUT2D eigenvalue weighted by Crippen LogP contribution is 2.40. The van der Waals surface area contributed by atoms with Crippen molar-refractivity contribution in [3.8, 4) is 16.5 Å². The monoisotopic (exact) mass is 385 g/mol. The van der Waals surface area contributed by atoms with Crippen molar-refractivity contribution in [3.05, 3.63) is 41.5 Å². The van der Waals surface area contributed by atoms with E-state index in [2.05, 4.69) is 11.4 Å². The summed E-state index contributed by atoms with van der Waals surface area (Å²) >= 11 is 1.36. The van der Waals surface area contributed by atoms with E-state index in [1.807, 2.05) is 37.3 Å². The van der Waals surface area contributed by atoms with Gasteiger partial charge in [0.1, 0.15) is 5.00 Å². The van der Waals surface area contributed by atoms with Crippen LogP contribution >= 0.6 is 11.3 Å². The number of thiophene rings is 1. The third-order valence-corrected chi connectivity index (χ3v) is 5.19. The Labute approximate surface area is 163 Å². The molecule has 0 unspecified atom stereocenters. The highest BCUT2D eigenvalue weighted by atomic mass is 32.1. The van der Waals surface area contributed by atoms with Gasteiger partial charge < -0.3 is 10.1 Å². The molecule has 2 aromatic rings. The van der Waals surface area contributed by atoms with E-state index < -0.39 is 5.97 Å². The van der Waals surface area contributed by atoms with E-state index in [-0.39, 0.29) is 19.1 Å². The highest BCUT2D eigenvalue weighted by molar-refractivity contribution is 7.20. The molecule has 1 N–H and O–H groups in total. The molecular formula is C20H23N3O3S. The van der Waals surface area contributed by atoms with Crippen molar-refractivity contribution in [2.45, 2.75) is 20.3 Å². The summed E-state index contributed by atoms with van der Waals surface area (Å²) in [5.41, 5.74) is 2.17. The average Bonchev–Trinajstić information content (AvgIpc) is 2.96. The maximum atomic E-state index is 12.5. The Balaban J connectivity index is 2.30. The molecule has 6 nitrogen and oxygen atoms in total. The topological polar surface area (TPSA) is 82.4 Å². The third-order valence-electron chi connectivity index (χ3n) is 3.93. The summed E-state index contributed by atoms with van der Waals surface area (Å²) in [4.78, 5) is 27.5. The molecule has 0 aliphatic rings. The molecule has 0 bridgehead atoms. The molecule has 27 heavy (non-hydrogen) atoms. The lowest BCUT2D eigenvalue weighted by Gasteiger charge is -2.14. The van der Waals surface area contributed by atoms with Crippen molar-refractivity contribution < 1.29 is 14.3 Å². The van der Waals surface area contributed by atoms with Gasteiger partial charge in [0.05, 0.1) is 24.8 Å². The highest BCUT2D eigenvalue weighted by Gasteiger charge is 2.24. The number of carbonyl (C=O) groups excluding carboxylic acids is 2. The number of amides is 1. The second kappa shape index (κ2) is 9.86. The normalized spacial score (nSPS) is 10.5. The zero-order chi connectivity index (χ0) is 19.8. The molecule has 0 fully saturated rings. The van der Waals surface area contributed by atoms with Gasteiger partial charge in [-0.15, -0.1) is 11.3 Å². The summed E-state index contributed by atoms with van der Waals surface area (Å²) < 4.78 is 5.18. The largest absolute Gasteiger partial charge is 0.462 e. The molecule has 0 radical (unpaired) electrons. The van der Waals surface area contributed by atoms with E-state index in [4.69, 9.17) is 10.00 Å². The van der Waals surface area contributed by atoms with E-state index >= 15 is 0 Å². The van der Waals surface area contributed by atoms with Gasteiger partial charge in [-0.2, -0.15) is 5.26 Å². The Kier molecular flexibility index (Phi) is 7.53. The van der Waals surface area contributed by atoms with Crippen LogP contribution in [0, 0.1) is 18.3 Å². The van der Waals surface area contributed by atoms with Gasteiger partial charge in [0.2, 0.25) is 5.91 Å². The second-order valence-corrected chi connectivity index (χ2v) is 7.06. The smallest absolute Gasteiger partial charge is 0.341 e.